The van der Waals surface area contributed by atoms with Crippen molar-refractivity contribution < 1.29 is 9.18 Å². The second-order valence-electron chi connectivity index (χ2n) is 3.49. The summed E-state index contributed by atoms with van der Waals surface area (Å²) in [5.41, 5.74) is 6.08. The van der Waals surface area contributed by atoms with Gasteiger partial charge in [-0.05, 0) is 18.2 Å². The van der Waals surface area contributed by atoms with E-state index in [0.29, 0.717) is 10.7 Å². The zero-order chi connectivity index (χ0) is 13.1. The van der Waals surface area contributed by atoms with Gasteiger partial charge in [-0.15, -0.1) is 11.3 Å². The molecule has 1 amide bonds. The number of halogens is 2. The van der Waals surface area contributed by atoms with Crippen LogP contribution in [-0.2, 0) is 6.54 Å². The van der Waals surface area contributed by atoms with Crippen molar-refractivity contribution in [2.24, 2.45) is 0 Å². The molecule has 0 aliphatic rings. The molecule has 2 rings (SSSR count). The van der Waals surface area contributed by atoms with Crippen molar-refractivity contribution in [2.75, 3.05) is 5.73 Å². The molecule has 2 aromatic rings. The summed E-state index contributed by atoms with van der Waals surface area (Å²) in [6, 6.07) is 4.55. The van der Waals surface area contributed by atoms with E-state index in [-0.39, 0.29) is 24.0 Å². The fraction of sp³-hybridized carbons (Fsp3) is 0.0909. The van der Waals surface area contributed by atoms with Crippen molar-refractivity contribution >= 4 is 38.3 Å². The summed E-state index contributed by atoms with van der Waals surface area (Å²) in [4.78, 5) is 15.5. The van der Waals surface area contributed by atoms with Crippen LogP contribution in [-0.4, -0.2) is 10.9 Å². The summed E-state index contributed by atoms with van der Waals surface area (Å²) in [7, 11) is 0. The van der Waals surface area contributed by atoms with Gasteiger partial charge in [0.2, 0.25) is 0 Å². The van der Waals surface area contributed by atoms with Crippen molar-refractivity contribution in [1.82, 2.24) is 10.3 Å². The Morgan fingerprint density at radius 3 is 3.00 bits per heavy atom. The van der Waals surface area contributed by atoms with E-state index in [1.807, 2.05) is 0 Å². The van der Waals surface area contributed by atoms with Crippen molar-refractivity contribution in [3.05, 3.63) is 45.1 Å². The Balaban J connectivity index is 2.03. The molecule has 0 saturated heterocycles. The standard InChI is InChI=1S/C11H9BrFN3OS/c12-7-1-2-8(13)6(3-7)4-15-10(17)9-5-18-11(14)16-9/h1-3,5H,4H2,(H2,14,16)(H,15,17). The number of anilines is 1. The Morgan fingerprint density at radius 2 is 2.33 bits per heavy atom. The second-order valence-corrected chi connectivity index (χ2v) is 5.29. The van der Waals surface area contributed by atoms with E-state index in [9.17, 15) is 9.18 Å². The first-order valence-electron chi connectivity index (χ1n) is 4.99. The van der Waals surface area contributed by atoms with Crippen LogP contribution in [0.3, 0.4) is 0 Å². The van der Waals surface area contributed by atoms with Gasteiger partial charge in [-0.2, -0.15) is 0 Å². The molecule has 0 unspecified atom stereocenters. The molecule has 4 nitrogen and oxygen atoms in total. The molecule has 0 aliphatic carbocycles. The molecular weight excluding hydrogens is 321 g/mol. The maximum absolute atomic E-state index is 13.4. The lowest BCUT2D eigenvalue weighted by atomic mass is 10.2. The van der Waals surface area contributed by atoms with E-state index in [1.54, 1.807) is 17.5 Å². The number of nitrogens with zero attached hydrogens (tertiary/aromatic N) is 1. The molecule has 0 atom stereocenters. The first kappa shape index (κ1) is 13.0. The highest BCUT2D eigenvalue weighted by atomic mass is 79.9. The van der Waals surface area contributed by atoms with Gasteiger partial charge in [-0.3, -0.25) is 4.79 Å². The number of rotatable bonds is 3. The van der Waals surface area contributed by atoms with Gasteiger partial charge in [0.1, 0.15) is 11.5 Å². The van der Waals surface area contributed by atoms with Gasteiger partial charge < -0.3 is 11.1 Å². The molecule has 1 heterocycles. The number of carbonyl (C=O) groups is 1. The average molecular weight is 330 g/mol. The number of nitrogens with one attached hydrogen (secondary N) is 1. The summed E-state index contributed by atoms with van der Waals surface area (Å²) in [5, 5.41) is 4.47. The molecule has 1 aromatic carbocycles. The minimum Gasteiger partial charge on any atom is -0.375 e. The maximum Gasteiger partial charge on any atom is 0.271 e. The van der Waals surface area contributed by atoms with Crippen LogP contribution in [0.25, 0.3) is 0 Å². The Bertz CT molecular complexity index is 587. The number of aromatic nitrogens is 1. The van der Waals surface area contributed by atoms with Crippen LogP contribution in [0, 0.1) is 5.82 Å². The van der Waals surface area contributed by atoms with Gasteiger partial charge in [0.25, 0.3) is 5.91 Å². The summed E-state index contributed by atoms with van der Waals surface area (Å²) >= 11 is 4.43. The Labute approximate surface area is 115 Å². The Morgan fingerprint density at radius 1 is 1.56 bits per heavy atom. The second kappa shape index (κ2) is 5.45. The zero-order valence-electron chi connectivity index (χ0n) is 9.11. The quantitative estimate of drug-likeness (QED) is 0.909. The van der Waals surface area contributed by atoms with Crippen LogP contribution < -0.4 is 11.1 Å². The third-order valence-corrected chi connectivity index (χ3v) is 3.37. The summed E-state index contributed by atoms with van der Waals surface area (Å²) in [5.74, 6) is -0.737. The smallest absolute Gasteiger partial charge is 0.271 e. The Hall–Kier alpha value is -1.47. The van der Waals surface area contributed by atoms with Crippen LogP contribution in [0.15, 0.2) is 28.1 Å². The third kappa shape index (κ3) is 3.05. The number of nitrogen functional groups attached to an aromatic ring is 1. The number of nitrogens with two attached hydrogens (primary N) is 1. The first-order chi connectivity index (χ1) is 8.56. The Kier molecular flexibility index (Phi) is 3.93. The largest absolute Gasteiger partial charge is 0.375 e. The monoisotopic (exact) mass is 329 g/mol. The van der Waals surface area contributed by atoms with Crippen LogP contribution in [0.4, 0.5) is 9.52 Å². The van der Waals surface area contributed by atoms with Gasteiger partial charge in [0.15, 0.2) is 5.13 Å². The van der Waals surface area contributed by atoms with Gasteiger partial charge >= 0.3 is 0 Å². The lowest BCUT2D eigenvalue weighted by Gasteiger charge is -2.05. The summed E-state index contributed by atoms with van der Waals surface area (Å²) < 4.78 is 14.2. The van der Waals surface area contributed by atoms with E-state index < -0.39 is 0 Å². The van der Waals surface area contributed by atoms with Crippen molar-refractivity contribution in [2.45, 2.75) is 6.54 Å². The molecule has 0 spiro atoms. The van der Waals surface area contributed by atoms with Gasteiger partial charge in [-0.1, -0.05) is 15.9 Å². The molecule has 94 valence electrons. The lowest BCUT2D eigenvalue weighted by molar-refractivity contribution is 0.0946. The number of carbonyl (C=O) groups excluding carboxylic acids is 1. The highest BCUT2D eigenvalue weighted by Gasteiger charge is 2.10. The maximum atomic E-state index is 13.4. The summed E-state index contributed by atoms with van der Waals surface area (Å²) in [6.07, 6.45) is 0. The number of hydrogen-bond donors (Lipinski definition) is 2. The van der Waals surface area contributed by atoms with Crippen LogP contribution >= 0.6 is 27.3 Å². The predicted octanol–water partition coefficient (Wildman–Crippen LogP) is 2.56. The molecule has 0 fully saturated rings. The van der Waals surface area contributed by atoms with E-state index in [1.165, 1.54) is 17.4 Å². The van der Waals surface area contributed by atoms with E-state index in [4.69, 9.17) is 5.73 Å². The van der Waals surface area contributed by atoms with Gasteiger partial charge in [0.05, 0.1) is 0 Å². The molecule has 18 heavy (non-hydrogen) atoms. The number of amides is 1. The predicted molar refractivity (Wildman–Crippen MR) is 71.8 cm³/mol. The highest BCUT2D eigenvalue weighted by Crippen LogP contribution is 2.16. The molecule has 0 saturated carbocycles. The van der Waals surface area contributed by atoms with E-state index in [2.05, 4.69) is 26.2 Å². The molecule has 0 radical (unpaired) electrons. The molecule has 0 bridgehead atoms. The number of thiazole rings is 1. The number of hydrogen-bond acceptors (Lipinski definition) is 4. The van der Waals surface area contributed by atoms with E-state index >= 15 is 0 Å². The normalized spacial score (nSPS) is 10.3. The third-order valence-electron chi connectivity index (χ3n) is 2.20. The topological polar surface area (TPSA) is 68.0 Å². The molecule has 7 heteroatoms. The van der Waals surface area contributed by atoms with Crippen LogP contribution in [0.2, 0.25) is 0 Å². The van der Waals surface area contributed by atoms with Crippen molar-refractivity contribution in [3.8, 4) is 0 Å². The van der Waals surface area contributed by atoms with E-state index in [0.717, 1.165) is 4.47 Å². The zero-order valence-corrected chi connectivity index (χ0v) is 11.5. The molecular formula is C11H9BrFN3OS. The van der Waals surface area contributed by atoms with Crippen molar-refractivity contribution in [1.29, 1.82) is 0 Å². The van der Waals surface area contributed by atoms with Crippen LogP contribution in [0.1, 0.15) is 16.1 Å². The fourth-order valence-electron chi connectivity index (χ4n) is 1.34. The molecule has 1 aromatic heterocycles. The molecule has 3 N–H and O–H groups in total. The van der Waals surface area contributed by atoms with Crippen LogP contribution in [0.5, 0.6) is 0 Å². The SMILES string of the molecule is Nc1nc(C(=O)NCc2cc(Br)ccc2F)cs1. The lowest BCUT2D eigenvalue weighted by Crippen LogP contribution is -2.23. The molecule has 0 aliphatic heterocycles. The van der Waals surface area contributed by atoms with Gasteiger partial charge in [-0.25, -0.2) is 9.37 Å². The summed E-state index contributed by atoms with van der Waals surface area (Å²) in [6.45, 7) is 0.0987. The minimum atomic E-state index is -0.373. The minimum absolute atomic E-state index is 0.0987. The fourth-order valence-corrected chi connectivity index (χ4v) is 2.29. The number of benzene rings is 1. The average Bonchev–Trinajstić information content (AvgIpc) is 2.77. The van der Waals surface area contributed by atoms with Crippen molar-refractivity contribution in [3.63, 3.8) is 0 Å². The van der Waals surface area contributed by atoms with Gasteiger partial charge in [0, 0.05) is 22.0 Å². The first-order valence-corrected chi connectivity index (χ1v) is 6.66. The highest BCUT2D eigenvalue weighted by molar-refractivity contribution is 9.10.